The van der Waals surface area contributed by atoms with Crippen LogP contribution in [0.1, 0.15) is 30.4 Å². The topological polar surface area (TPSA) is 82.7 Å². The van der Waals surface area contributed by atoms with Crippen LogP contribution in [0.2, 0.25) is 0 Å². The van der Waals surface area contributed by atoms with Crippen molar-refractivity contribution in [2.75, 3.05) is 18.5 Å². The number of nitrogens with zero attached hydrogens (tertiary/aromatic N) is 6. The molecule has 4 aromatic rings. The summed E-state index contributed by atoms with van der Waals surface area (Å²) in [4.78, 5) is 9.08. The maximum atomic E-state index is 5.61. The van der Waals surface area contributed by atoms with Gasteiger partial charge in [-0.25, -0.2) is 9.67 Å². The second-order valence-electron chi connectivity index (χ2n) is 7.99. The summed E-state index contributed by atoms with van der Waals surface area (Å²) in [5, 5.41) is 12.8. The van der Waals surface area contributed by atoms with Gasteiger partial charge in [-0.2, -0.15) is 15.2 Å². The first kappa shape index (κ1) is 18.7. The molecule has 1 N–H and O–H groups in total. The van der Waals surface area contributed by atoms with Crippen molar-refractivity contribution >= 4 is 22.7 Å². The van der Waals surface area contributed by atoms with E-state index in [1.54, 1.807) is 17.1 Å². The minimum Gasteiger partial charge on any atom is -0.381 e. The number of anilines is 2. The minimum atomic E-state index is 0.530. The first-order chi connectivity index (χ1) is 14.7. The van der Waals surface area contributed by atoms with Crippen molar-refractivity contribution in [3.8, 4) is 0 Å². The van der Waals surface area contributed by atoms with Crippen LogP contribution >= 0.6 is 0 Å². The molecule has 30 heavy (non-hydrogen) atoms. The third kappa shape index (κ3) is 3.78. The van der Waals surface area contributed by atoms with E-state index in [1.807, 2.05) is 24.1 Å². The molecule has 2 atom stereocenters. The normalized spacial score (nSPS) is 19.3. The maximum absolute atomic E-state index is 5.61. The van der Waals surface area contributed by atoms with Crippen molar-refractivity contribution in [1.82, 2.24) is 29.5 Å². The number of rotatable bonds is 5. The standard InChI is InChI=1S/C22H25N7O/c1-15-14-30-7-6-20(15)17-5-3-4-16(8-17)12-29-21-18(10-25-29)9-23-22(27-21)26-19-11-24-28(2)13-19/h3-5,8-11,13,15,20H,6-7,12,14H2,1-2H3,(H,23,26,27). The molecule has 154 valence electrons. The average Bonchev–Trinajstić information content (AvgIpc) is 3.34. The number of hydrogen-bond donors (Lipinski definition) is 1. The lowest BCUT2D eigenvalue weighted by Gasteiger charge is -2.29. The van der Waals surface area contributed by atoms with E-state index in [1.165, 1.54) is 11.1 Å². The summed E-state index contributed by atoms with van der Waals surface area (Å²) in [6.07, 6.45) is 8.31. The van der Waals surface area contributed by atoms with Crippen molar-refractivity contribution in [2.24, 2.45) is 13.0 Å². The van der Waals surface area contributed by atoms with Crippen LogP contribution in [-0.4, -0.2) is 42.7 Å². The van der Waals surface area contributed by atoms with Gasteiger partial charge in [0, 0.05) is 32.7 Å². The smallest absolute Gasteiger partial charge is 0.229 e. The largest absolute Gasteiger partial charge is 0.381 e. The van der Waals surface area contributed by atoms with E-state index >= 15 is 0 Å². The van der Waals surface area contributed by atoms with Crippen molar-refractivity contribution in [2.45, 2.75) is 25.8 Å². The van der Waals surface area contributed by atoms with Gasteiger partial charge in [-0.05, 0) is 29.4 Å². The Morgan fingerprint density at radius 3 is 2.97 bits per heavy atom. The van der Waals surface area contributed by atoms with Crippen molar-refractivity contribution in [1.29, 1.82) is 0 Å². The molecule has 1 aliphatic rings. The molecule has 0 amide bonds. The lowest BCUT2D eigenvalue weighted by molar-refractivity contribution is 0.0472. The molecule has 1 aliphatic heterocycles. The third-order valence-electron chi connectivity index (χ3n) is 5.69. The monoisotopic (exact) mass is 403 g/mol. The number of nitrogens with one attached hydrogen (secondary N) is 1. The average molecular weight is 403 g/mol. The van der Waals surface area contributed by atoms with Gasteiger partial charge in [0.15, 0.2) is 5.65 Å². The van der Waals surface area contributed by atoms with Gasteiger partial charge < -0.3 is 10.1 Å². The zero-order valence-corrected chi connectivity index (χ0v) is 17.2. The van der Waals surface area contributed by atoms with Gasteiger partial charge in [0.1, 0.15) is 0 Å². The van der Waals surface area contributed by atoms with Crippen LogP contribution in [0, 0.1) is 5.92 Å². The summed E-state index contributed by atoms with van der Waals surface area (Å²) >= 11 is 0. The molecular weight excluding hydrogens is 378 g/mol. The molecule has 3 aromatic heterocycles. The third-order valence-corrected chi connectivity index (χ3v) is 5.69. The Bertz CT molecular complexity index is 1170. The molecule has 0 radical (unpaired) electrons. The number of aromatic nitrogens is 6. The van der Waals surface area contributed by atoms with Crippen LogP contribution < -0.4 is 5.32 Å². The SMILES string of the molecule is CC1COCCC1c1cccc(Cn2ncc3cnc(Nc4cnn(C)c4)nc32)c1. The van der Waals surface area contributed by atoms with Gasteiger partial charge in [-0.1, -0.05) is 31.2 Å². The molecule has 2 unspecified atom stereocenters. The molecule has 0 spiro atoms. The van der Waals surface area contributed by atoms with Crippen LogP contribution in [0.4, 0.5) is 11.6 Å². The molecule has 8 heteroatoms. The van der Waals surface area contributed by atoms with Crippen molar-refractivity contribution in [3.05, 3.63) is 60.2 Å². The summed E-state index contributed by atoms with van der Waals surface area (Å²) in [6, 6.07) is 8.82. The van der Waals surface area contributed by atoms with Gasteiger partial charge in [0.25, 0.3) is 0 Å². The fraction of sp³-hybridized carbons (Fsp3) is 0.364. The lowest BCUT2D eigenvalue weighted by atomic mass is 9.83. The van der Waals surface area contributed by atoms with Gasteiger partial charge in [-0.15, -0.1) is 0 Å². The van der Waals surface area contributed by atoms with Crippen LogP contribution in [-0.2, 0) is 18.3 Å². The highest BCUT2D eigenvalue weighted by atomic mass is 16.5. The van der Waals surface area contributed by atoms with Crippen LogP contribution in [0.15, 0.2) is 49.1 Å². The van der Waals surface area contributed by atoms with Gasteiger partial charge in [-0.3, -0.25) is 4.68 Å². The molecule has 1 saturated heterocycles. The number of ether oxygens (including phenoxy) is 1. The zero-order valence-electron chi connectivity index (χ0n) is 17.2. The van der Waals surface area contributed by atoms with Crippen LogP contribution in [0.3, 0.4) is 0 Å². The number of hydrogen-bond acceptors (Lipinski definition) is 6. The maximum Gasteiger partial charge on any atom is 0.229 e. The molecule has 8 nitrogen and oxygen atoms in total. The van der Waals surface area contributed by atoms with Gasteiger partial charge >= 0.3 is 0 Å². The van der Waals surface area contributed by atoms with E-state index in [0.717, 1.165) is 36.4 Å². The predicted octanol–water partition coefficient (Wildman–Crippen LogP) is 3.49. The van der Waals surface area contributed by atoms with E-state index in [2.05, 4.69) is 56.7 Å². The molecule has 1 fully saturated rings. The number of fused-ring (bicyclic) bond motifs is 1. The second kappa shape index (κ2) is 7.87. The van der Waals surface area contributed by atoms with Crippen molar-refractivity contribution < 1.29 is 4.74 Å². The Balaban J connectivity index is 1.40. The Labute approximate surface area is 174 Å². The van der Waals surface area contributed by atoms with E-state index in [9.17, 15) is 0 Å². The first-order valence-electron chi connectivity index (χ1n) is 10.3. The Hall–Kier alpha value is -3.26. The molecule has 4 heterocycles. The minimum absolute atomic E-state index is 0.530. The molecular formula is C22H25N7O. The van der Waals surface area contributed by atoms with Gasteiger partial charge in [0.05, 0.1) is 30.0 Å². The van der Waals surface area contributed by atoms with Crippen molar-refractivity contribution in [3.63, 3.8) is 0 Å². The van der Waals surface area contributed by atoms with E-state index in [-0.39, 0.29) is 0 Å². The summed E-state index contributed by atoms with van der Waals surface area (Å²) in [6.45, 7) is 4.61. The Morgan fingerprint density at radius 2 is 2.13 bits per heavy atom. The van der Waals surface area contributed by atoms with Crippen LogP contribution in [0.5, 0.6) is 0 Å². The number of benzene rings is 1. The first-order valence-corrected chi connectivity index (χ1v) is 10.3. The summed E-state index contributed by atoms with van der Waals surface area (Å²) in [5.41, 5.74) is 4.26. The highest BCUT2D eigenvalue weighted by Crippen LogP contribution is 2.32. The van der Waals surface area contributed by atoms with E-state index in [0.29, 0.717) is 24.3 Å². The lowest BCUT2D eigenvalue weighted by Crippen LogP contribution is -2.23. The summed E-state index contributed by atoms with van der Waals surface area (Å²) < 4.78 is 9.27. The molecule has 5 rings (SSSR count). The molecule has 0 aliphatic carbocycles. The fourth-order valence-electron chi connectivity index (χ4n) is 4.13. The second-order valence-corrected chi connectivity index (χ2v) is 7.99. The molecule has 1 aromatic carbocycles. The van der Waals surface area contributed by atoms with E-state index < -0.39 is 0 Å². The quantitative estimate of drug-likeness (QED) is 0.549. The summed E-state index contributed by atoms with van der Waals surface area (Å²) in [5.74, 6) is 1.61. The highest BCUT2D eigenvalue weighted by molar-refractivity contribution is 5.75. The predicted molar refractivity (Wildman–Crippen MR) is 115 cm³/mol. The molecule has 0 saturated carbocycles. The van der Waals surface area contributed by atoms with Crippen LogP contribution in [0.25, 0.3) is 11.0 Å². The fourth-order valence-corrected chi connectivity index (χ4v) is 4.13. The van der Waals surface area contributed by atoms with Gasteiger partial charge in [0.2, 0.25) is 5.95 Å². The summed E-state index contributed by atoms with van der Waals surface area (Å²) in [7, 11) is 1.87. The number of aryl methyl sites for hydroxylation is 1. The highest BCUT2D eigenvalue weighted by Gasteiger charge is 2.23. The Kier molecular flexibility index (Phi) is 4.92. The van der Waals surface area contributed by atoms with E-state index in [4.69, 9.17) is 4.74 Å². The molecule has 0 bridgehead atoms. The zero-order chi connectivity index (χ0) is 20.5. The Morgan fingerprint density at radius 1 is 1.20 bits per heavy atom.